The van der Waals surface area contributed by atoms with E-state index >= 15 is 0 Å². The fourth-order valence-corrected chi connectivity index (χ4v) is 0.255. The summed E-state index contributed by atoms with van der Waals surface area (Å²) in [7, 11) is 0. The molecule has 0 aromatic heterocycles. The number of hydrogen-bond donors (Lipinski definition) is 1. The first-order valence-corrected chi connectivity index (χ1v) is 2.43. The number of rotatable bonds is 1. The summed E-state index contributed by atoms with van der Waals surface area (Å²) in [6, 6.07) is 0. The van der Waals surface area contributed by atoms with Crippen molar-refractivity contribution in [1.82, 2.24) is 0 Å². The molecule has 0 saturated heterocycles. The molecule has 0 amide bonds. The molecule has 0 bridgehead atoms. The van der Waals surface area contributed by atoms with Crippen molar-refractivity contribution in [3.63, 3.8) is 0 Å². The zero-order valence-electron chi connectivity index (χ0n) is 7.27. The fraction of sp³-hybridized carbons (Fsp3) is 0.429. The van der Waals surface area contributed by atoms with E-state index in [-0.39, 0.29) is 45.2 Å². The van der Waals surface area contributed by atoms with Crippen LogP contribution in [-0.2, 0) is 24.9 Å². The molecule has 3 N–H and O–H groups in total. The molecule has 4 heteroatoms. The van der Waals surface area contributed by atoms with Gasteiger partial charge in [-0.15, -0.1) is 0 Å². The van der Waals surface area contributed by atoms with Crippen molar-refractivity contribution in [3.8, 4) is 0 Å². The van der Waals surface area contributed by atoms with Crippen LogP contribution in [0.25, 0.3) is 6.15 Å². The van der Waals surface area contributed by atoms with Crippen molar-refractivity contribution in [2.45, 2.75) is 20.8 Å². The van der Waals surface area contributed by atoms with Crippen LogP contribution in [0.15, 0.2) is 11.3 Å². The summed E-state index contributed by atoms with van der Waals surface area (Å²) < 4.78 is 0. The summed E-state index contributed by atoms with van der Waals surface area (Å²) in [5.74, 6) is 0.0301. The van der Waals surface area contributed by atoms with Crippen molar-refractivity contribution >= 4 is 5.78 Å². The van der Waals surface area contributed by atoms with Gasteiger partial charge in [0.25, 0.3) is 0 Å². The second kappa shape index (κ2) is 9.82. The minimum atomic E-state index is -0.0787. The topological polar surface area (TPSA) is 70.8 Å². The Morgan fingerprint density at radius 3 is 1.45 bits per heavy atom. The normalized spacial score (nSPS) is 9.36. The zero-order chi connectivity index (χ0) is 6.73. The monoisotopic (exact) mass is 338 g/mol. The zero-order valence-corrected chi connectivity index (χ0v) is 9.66. The van der Waals surface area contributed by atoms with E-state index < -0.39 is 0 Å². The van der Waals surface area contributed by atoms with E-state index in [0.717, 1.165) is 0 Å². The van der Waals surface area contributed by atoms with E-state index in [2.05, 4.69) is 0 Å². The van der Waals surface area contributed by atoms with Gasteiger partial charge in [0.1, 0.15) is 0 Å². The first kappa shape index (κ1) is 22.4. The van der Waals surface area contributed by atoms with Gasteiger partial charge in [0.05, 0.1) is 5.76 Å². The minimum Gasteiger partial charge on any atom is -0.693 e. The molecule has 0 heterocycles. The van der Waals surface area contributed by atoms with Crippen molar-refractivity contribution in [1.29, 1.82) is 0 Å². The first-order chi connectivity index (χ1) is 3.55. The maximum atomic E-state index is 10.4. The van der Waals surface area contributed by atoms with Crippen LogP contribution in [0, 0.1) is 7.43 Å². The second-order valence-electron chi connectivity index (χ2n) is 1.77. The third kappa shape index (κ3) is 9.82. The van der Waals surface area contributed by atoms with Crippen LogP contribution < -0.4 is 0 Å². The molecule has 0 aliphatic heterocycles. The molecule has 0 aliphatic carbocycles. The number of carbonyl (C=O) groups excluding carboxylic acids is 1. The van der Waals surface area contributed by atoms with Gasteiger partial charge < -0.3 is 18.7 Å². The largest absolute Gasteiger partial charge is 0.693 e. The Hall–Kier alpha value is -0.181. The van der Waals surface area contributed by atoms with Crippen LogP contribution in [0.4, 0.5) is 0 Å². The maximum Gasteiger partial charge on any atom is 0.158 e. The quantitative estimate of drug-likeness (QED) is 0.454. The standard InChI is InChI=1S/C6H10O2.CH3.Ir.H2N/c1-4(5(2)7)6(3)8;;;/h7H,1-3H3;1H3;;1H2/q;-1;;-1/b5-4-;;;. The average molecular weight is 337 g/mol. The van der Waals surface area contributed by atoms with Crippen molar-refractivity contribution in [3.05, 3.63) is 24.9 Å². The molecule has 0 atom stereocenters. The van der Waals surface area contributed by atoms with Gasteiger partial charge >= 0.3 is 0 Å². The van der Waals surface area contributed by atoms with Gasteiger partial charge in [-0.2, -0.15) is 0 Å². The Labute approximate surface area is 81.8 Å². The number of aliphatic hydroxyl groups excluding tert-OH is 1. The Morgan fingerprint density at radius 2 is 1.45 bits per heavy atom. The summed E-state index contributed by atoms with van der Waals surface area (Å²) in [5, 5.41) is 8.65. The van der Waals surface area contributed by atoms with Gasteiger partial charge in [-0.1, -0.05) is 0 Å². The number of Topliss-reactive ketones (excluding diaryl/α,β-unsaturated/α-hetero) is 1. The summed E-state index contributed by atoms with van der Waals surface area (Å²) in [6.07, 6.45) is 0. The van der Waals surface area contributed by atoms with E-state index in [0.29, 0.717) is 5.57 Å². The molecule has 0 spiro atoms. The van der Waals surface area contributed by atoms with Gasteiger partial charge in [0.2, 0.25) is 0 Å². The molecule has 0 fully saturated rings. The predicted molar refractivity (Wildman–Crippen MR) is 43.4 cm³/mol. The minimum absolute atomic E-state index is 0. The fourth-order valence-electron chi connectivity index (χ4n) is 0.255. The van der Waals surface area contributed by atoms with Gasteiger partial charge in [-0.3, -0.25) is 4.79 Å². The van der Waals surface area contributed by atoms with E-state index in [1.807, 2.05) is 0 Å². The van der Waals surface area contributed by atoms with Gasteiger partial charge in [0.15, 0.2) is 5.78 Å². The molecular formula is C7H15IrNO2-2. The molecule has 3 nitrogen and oxygen atoms in total. The van der Waals surface area contributed by atoms with Crippen LogP contribution in [-0.4, -0.2) is 10.9 Å². The van der Waals surface area contributed by atoms with Crippen LogP contribution in [0.1, 0.15) is 20.8 Å². The molecular weight excluding hydrogens is 322 g/mol. The van der Waals surface area contributed by atoms with E-state index in [9.17, 15) is 4.79 Å². The van der Waals surface area contributed by atoms with Crippen LogP contribution in [0.2, 0.25) is 0 Å². The molecule has 0 rings (SSSR count). The molecule has 0 aliphatic rings. The molecule has 0 unspecified atom stereocenters. The predicted octanol–water partition coefficient (Wildman–Crippen LogP) is 2.59. The first-order valence-electron chi connectivity index (χ1n) is 2.43. The molecule has 11 heavy (non-hydrogen) atoms. The average Bonchev–Trinajstić information content (AvgIpc) is 1.64. The van der Waals surface area contributed by atoms with Crippen LogP contribution in [0.3, 0.4) is 0 Å². The van der Waals surface area contributed by atoms with Crippen LogP contribution >= 0.6 is 0 Å². The maximum absolute atomic E-state index is 10.4. The van der Waals surface area contributed by atoms with Gasteiger partial charge in [-0.05, 0) is 20.8 Å². The van der Waals surface area contributed by atoms with Crippen molar-refractivity contribution < 1.29 is 30.0 Å². The summed E-state index contributed by atoms with van der Waals surface area (Å²) in [5.41, 5.74) is 0.435. The number of nitrogens with two attached hydrogens (primary N) is 1. The molecule has 1 radical (unpaired) electrons. The van der Waals surface area contributed by atoms with Crippen LogP contribution in [0.5, 0.6) is 0 Å². The molecule has 0 aromatic rings. The SMILES string of the molecule is CC(=O)/C(C)=C(/C)O.[CH3-].[Ir].[NH2-]. The Bertz CT molecular complexity index is 139. The van der Waals surface area contributed by atoms with E-state index in [1.54, 1.807) is 6.92 Å². The third-order valence-electron chi connectivity index (χ3n) is 1.07. The van der Waals surface area contributed by atoms with Crippen molar-refractivity contribution in [2.75, 3.05) is 0 Å². The Balaban J connectivity index is -0.0000000817. The van der Waals surface area contributed by atoms with E-state index in [4.69, 9.17) is 5.11 Å². The summed E-state index contributed by atoms with van der Waals surface area (Å²) in [4.78, 5) is 10.4. The van der Waals surface area contributed by atoms with Gasteiger partial charge in [0, 0.05) is 25.7 Å². The number of aliphatic hydroxyl groups is 1. The van der Waals surface area contributed by atoms with E-state index in [1.165, 1.54) is 13.8 Å². The molecule has 0 aromatic carbocycles. The molecule has 71 valence electrons. The smallest absolute Gasteiger partial charge is 0.158 e. The second-order valence-corrected chi connectivity index (χ2v) is 1.77. The van der Waals surface area contributed by atoms with Gasteiger partial charge in [-0.25, -0.2) is 0 Å². The van der Waals surface area contributed by atoms with Crippen molar-refractivity contribution in [2.24, 2.45) is 0 Å². The summed E-state index contributed by atoms with van der Waals surface area (Å²) >= 11 is 0. The third-order valence-corrected chi connectivity index (χ3v) is 1.07. The number of allylic oxidation sites excluding steroid dienone is 2. The number of ketones is 1. The Morgan fingerprint density at radius 1 is 1.18 bits per heavy atom. The summed E-state index contributed by atoms with van der Waals surface area (Å²) in [6.45, 7) is 4.52. The number of hydrogen-bond acceptors (Lipinski definition) is 2. The Kier molecular flexibility index (Phi) is 20.0. The number of carbonyl (C=O) groups is 1. The molecule has 0 saturated carbocycles.